The van der Waals surface area contributed by atoms with Gasteiger partial charge in [0.2, 0.25) is 0 Å². The zero-order valence-corrected chi connectivity index (χ0v) is 51.4. The highest BCUT2D eigenvalue weighted by Crippen LogP contribution is 2.18. The lowest BCUT2D eigenvalue weighted by molar-refractivity contribution is -0.161. The Bertz CT molecular complexity index is 1510. The van der Waals surface area contributed by atoms with Gasteiger partial charge in [0, 0.05) is 12.8 Å². The van der Waals surface area contributed by atoms with E-state index < -0.39 is 6.10 Å². The number of aliphatic hydroxyl groups is 1. The molecule has 0 saturated carbocycles. The van der Waals surface area contributed by atoms with Crippen LogP contribution >= 0.6 is 0 Å². The first-order valence-corrected chi connectivity index (χ1v) is 33.4. The van der Waals surface area contributed by atoms with Gasteiger partial charge in [-0.3, -0.25) is 9.59 Å². The summed E-state index contributed by atoms with van der Waals surface area (Å²) in [6, 6.07) is 0. The molecule has 0 amide bonds. The first-order chi connectivity index (χ1) is 38.6. The van der Waals surface area contributed by atoms with E-state index >= 15 is 0 Å². The maximum atomic E-state index is 12.3. The van der Waals surface area contributed by atoms with Gasteiger partial charge in [-0.2, -0.15) is 0 Å². The van der Waals surface area contributed by atoms with Gasteiger partial charge in [0.15, 0.2) is 6.10 Å². The summed E-state index contributed by atoms with van der Waals surface area (Å²) in [7, 11) is 0. The lowest BCUT2D eigenvalue weighted by Gasteiger charge is -2.15. The Morgan fingerprint density at radius 2 is 0.513 bits per heavy atom. The van der Waals surface area contributed by atoms with Crippen LogP contribution in [-0.4, -0.2) is 36.4 Å². The molecule has 78 heavy (non-hydrogen) atoms. The number of esters is 2. The predicted molar refractivity (Wildman–Crippen MR) is 343 cm³/mol. The molecule has 0 spiro atoms. The summed E-state index contributed by atoms with van der Waals surface area (Å²) in [5.74, 6) is -0.595. The molecule has 0 saturated heterocycles. The van der Waals surface area contributed by atoms with Crippen LogP contribution in [0, 0.1) is 0 Å². The summed E-state index contributed by atoms with van der Waals surface area (Å²) in [5.41, 5.74) is 0. The van der Waals surface area contributed by atoms with Crippen LogP contribution in [0.1, 0.15) is 322 Å². The molecule has 0 aromatic heterocycles. The Kier molecular flexibility index (Phi) is 64.8. The van der Waals surface area contributed by atoms with Crippen LogP contribution < -0.4 is 0 Å². The fourth-order valence-corrected chi connectivity index (χ4v) is 9.64. The molecular formula is C73H126O5. The Balaban J connectivity index is 3.42. The quantitative estimate of drug-likeness (QED) is 0.0373. The number of hydrogen-bond acceptors (Lipinski definition) is 5. The van der Waals surface area contributed by atoms with E-state index in [9.17, 15) is 14.7 Å². The average molecular weight is 1080 g/mol. The van der Waals surface area contributed by atoms with Crippen molar-refractivity contribution >= 4 is 11.9 Å². The van der Waals surface area contributed by atoms with E-state index in [1.165, 1.54) is 193 Å². The van der Waals surface area contributed by atoms with Crippen LogP contribution in [0.4, 0.5) is 0 Å². The van der Waals surface area contributed by atoms with Crippen molar-refractivity contribution in [2.45, 2.75) is 328 Å². The summed E-state index contributed by atoms with van der Waals surface area (Å²) in [4.78, 5) is 24.6. The van der Waals surface area contributed by atoms with Crippen molar-refractivity contribution < 1.29 is 24.2 Å². The van der Waals surface area contributed by atoms with Crippen LogP contribution in [0.3, 0.4) is 0 Å². The van der Waals surface area contributed by atoms with E-state index in [2.05, 4.69) is 123 Å². The van der Waals surface area contributed by atoms with Gasteiger partial charge in [-0.1, -0.05) is 322 Å². The van der Waals surface area contributed by atoms with Crippen molar-refractivity contribution in [2.75, 3.05) is 13.2 Å². The van der Waals surface area contributed by atoms with Crippen molar-refractivity contribution in [3.8, 4) is 0 Å². The van der Waals surface area contributed by atoms with Crippen molar-refractivity contribution in [2.24, 2.45) is 0 Å². The summed E-state index contributed by atoms with van der Waals surface area (Å²) >= 11 is 0. The minimum Gasteiger partial charge on any atom is -0.462 e. The molecule has 5 heteroatoms. The Hall–Kier alpha value is -3.44. The lowest BCUT2D eigenvalue weighted by Crippen LogP contribution is -2.28. The maximum Gasteiger partial charge on any atom is 0.306 e. The number of allylic oxidation sites excluding steroid dienone is 18. The monoisotopic (exact) mass is 1080 g/mol. The molecule has 0 aliphatic carbocycles. The minimum atomic E-state index is -0.783. The normalized spacial score (nSPS) is 12.9. The van der Waals surface area contributed by atoms with Gasteiger partial charge in [0.25, 0.3) is 0 Å². The molecule has 0 aliphatic heterocycles. The second kappa shape index (κ2) is 67.8. The minimum absolute atomic E-state index is 0.0717. The van der Waals surface area contributed by atoms with Crippen molar-refractivity contribution in [1.29, 1.82) is 0 Å². The Morgan fingerprint density at radius 3 is 0.769 bits per heavy atom. The highest BCUT2D eigenvalue weighted by Gasteiger charge is 2.16. The second-order valence-corrected chi connectivity index (χ2v) is 22.1. The molecule has 0 radical (unpaired) electrons. The third-order valence-electron chi connectivity index (χ3n) is 14.6. The highest BCUT2D eigenvalue weighted by atomic mass is 16.6. The third-order valence-corrected chi connectivity index (χ3v) is 14.6. The fourth-order valence-electron chi connectivity index (χ4n) is 9.64. The first-order valence-electron chi connectivity index (χ1n) is 33.4. The van der Waals surface area contributed by atoms with Gasteiger partial charge >= 0.3 is 11.9 Å². The Labute approximate surface area is 484 Å². The molecule has 0 aromatic carbocycles. The number of unbranched alkanes of at least 4 members (excludes halogenated alkanes) is 35. The molecular weight excluding hydrogens is 957 g/mol. The van der Waals surface area contributed by atoms with Crippen molar-refractivity contribution in [1.82, 2.24) is 0 Å². The largest absolute Gasteiger partial charge is 0.462 e. The third kappa shape index (κ3) is 65.1. The topological polar surface area (TPSA) is 72.8 Å². The zero-order chi connectivity index (χ0) is 56.2. The average Bonchev–Trinajstić information content (AvgIpc) is 3.44. The van der Waals surface area contributed by atoms with E-state index in [1.54, 1.807) is 0 Å². The number of rotatable bonds is 61. The van der Waals surface area contributed by atoms with Crippen LogP contribution in [0.25, 0.3) is 0 Å². The van der Waals surface area contributed by atoms with E-state index in [0.717, 1.165) is 103 Å². The smallest absolute Gasteiger partial charge is 0.306 e. The second-order valence-electron chi connectivity index (χ2n) is 22.1. The summed E-state index contributed by atoms with van der Waals surface area (Å²) in [6.07, 6.45) is 98.3. The molecule has 5 nitrogen and oxygen atoms in total. The van der Waals surface area contributed by atoms with Crippen LogP contribution in [0.15, 0.2) is 109 Å². The molecule has 0 aliphatic rings. The Morgan fingerprint density at radius 1 is 0.295 bits per heavy atom. The van der Waals surface area contributed by atoms with Crippen LogP contribution in [-0.2, 0) is 19.1 Å². The summed E-state index contributed by atoms with van der Waals surface area (Å²) in [5, 5.41) is 9.68. The molecule has 0 bridgehead atoms. The number of carbonyl (C=O) groups is 2. The molecule has 0 heterocycles. The van der Waals surface area contributed by atoms with E-state index in [-0.39, 0.29) is 25.2 Å². The van der Waals surface area contributed by atoms with Crippen molar-refractivity contribution in [3.05, 3.63) is 109 Å². The molecule has 0 rings (SSSR count). The van der Waals surface area contributed by atoms with Gasteiger partial charge < -0.3 is 14.6 Å². The number of hydrogen-bond donors (Lipinski definition) is 1. The van der Waals surface area contributed by atoms with E-state index in [4.69, 9.17) is 9.47 Å². The number of carbonyl (C=O) groups excluding carboxylic acids is 2. The standard InChI is InChI=1S/C73H126O5/c1-3-5-7-9-11-13-15-17-19-21-23-25-27-28-29-30-31-32-33-34-35-36-37-38-39-40-41-42-43-44-46-47-49-51-53-55-57-59-61-63-65-67-72(75)77-70-71(69-74)78-73(76)68-66-64-62-60-58-56-54-52-50-48-45-26-24-22-20-18-16-14-12-10-8-6-4-2/h5-8,11-14,17-20,23-26,48,50,71,74H,3-4,9-10,15-16,21-22,27-47,49,51-70H2,1-2H3/b7-5-,8-6-,13-11-,14-12-,19-17-,20-18-,25-23-,26-24-,50-48-. The highest BCUT2D eigenvalue weighted by molar-refractivity contribution is 5.70. The molecule has 0 fully saturated rings. The maximum absolute atomic E-state index is 12.3. The van der Waals surface area contributed by atoms with Crippen LogP contribution in [0.5, 0.6) is 0 Å². The summed E-state index contributed by atoms with van der Waals surface area (Å²) in [6.45, 7) is 3.93. The fraction of sp³-hybridized carbons (Fsp3) is 0.726. The van der Waals surface area contributed by atoms with Crippen LogP contribution in [0.2, 0.25) is 0 Å². The molecule has 1 unspecified atom stereocenters. The van der Waals surface area contributed by atoms with Crippen molar-refractivity contribution in [3.63, 3.8) is 0 Å². The van der Waals surface area contributed by atoms with Gasteiger partial charge in [-0.05, 0) is 96.3 Å². The van der Waals surface area contributed by atoms with E-state index in [0.29, 0.717) is 12.8 Å². The van der Waals surface area contributed by atoms with Gasteiger partial charge in [0.05, 0.1) is 6.61 Å². The predicted octanol–water partition coefficient (Wildman–Crippen LogP) is 23.2. The molecule has 1 atom stereocenters. The lowest BCUT2D eigenvalue weighted by atomic mass is 10.0. The number of aliphatic hydroxyl groups excluding tert-OH is 1. The summed E-state index contributed by atoms with van der Waals surface area (Å²) < 4.78 is 10.7. The number of ether oxygens (including phenoxy) is 2. The van der Waals surface area contributed by atoms with Gasteiger partial charge in [0.1, 0.15) is 6.61 Å². The molecule has 448 valence electrons. The van der Waals surface area contributed by atoms with E-state index in [1.807, 2.05) is 0 Å². The first kappa shape index (κ1) is 74.6. The van der Waals surface area contributed by atoms with Gasteiger partial charge in [-0.15, -0.1) is 0 Å². The van der Waals surface area contributed by atoms with Gasteiger partial charge in [-0.25, -0.2) is 0 Å². The zero-order valence-electron chi connectivity index (χ0n) is 51.4. The SMILES string of the molecule is CC/C=C\C/C=C\C/C=C\C/C=C\C/C=C\CCCCCCCCCC(=O)OC(CO)COC(=O)CCCCCCCCCCCCCCCCCCCCCCCCCCCCCC/C=C\C/C=C\C/C=C\C/C=C\CC. The molecule has 0 aromatic rings. The molecule has 1 N–H and O–H groups in total.